The molecule has 3 aromatic rings. The Balaban J connectivity index is 1.27. The number of pyridine rings is 1. The van der Waals surface area contributed by atoms with Crippen molar-refractivity contribution in [2.75, 3.05) is 52.8 Å². The zero-order valence-electron chi connectivity index (χ0n) is 28.6. The number of aromatic nitrogens is 1. The number of phosphoric acid groups is 1. The minimum Gasteiger partial charge on any atom is -0.460 e. The van der Waals surface area contributed by atoms with E-state index in [9.17, 15) is 28.1 Å². The molecule has 1 saturated carbocycles. The van der Waals surface area contributed by atoms with Gasteiger partial charge in [0.15, 0.2) is 17.3 Å². The predicted molar refractivity (Wildman–Crippen MR) is 179 cm³/mol. The van der Waals surface area contributed by atoms with Gasteiger partial charge in [0.2, 0.25) is 31.6 Å². The van der Waals surface area contributed by atoms with Crippen LogP contribution in [0.3, 0.4) is 0 Å². The van der Waals surface area contributed by atoms with Crippen LogP contribution in [0.1, 0.15) is 46.1 Å². The van der Waals surface area contributed by atoms with E-state index in [0.29, 0.717) is 18.4 Å². The van der Waals surface area contributed by atoms with E-state index in [4.69, 9.17) is 23.0 Å². The number of nitrogens with zero attached hydrogens (tertiary/aromatic N) is 3. The number of carbonyl (C=O) groups is 3. The van der Waals surface area contributed by atoms with Crippen LogP contribution in [0, 0.1) is 11.6 Å². The number of phosphoric ester groups is 1. The van der Waals surface area contributed by atoms with Crippen molar-refractivity contribution in [3.63, 3.8) is 0 Å². The topological polar surface area (TPSA) is 180 Å². The van der Waals surface area contributed by atoms with E-state index in [2.05, 4.69) is 18.9 Å². The average molecular weight is 796 g/mol. The van der Waals surface area contributed by atoms with Crippen molar-refractivity contribution in [2.45, 2.75) is 41.3 Å². The van der Waals surface area contributed by atoms with Gasteiger partial charge in [0, 0.05) is 28.5 Å². The van der Waals surface area contributed by atoms with Gasteiger partial charge in [0.25, 0.3) is 5.91 Å². The van der Waals surface area contributed by atoms with E-state index in [1.807, 2.05) is 24.3 Å². The lowest BCUT2D eigenvalue weighted by Crippen LogP contribution is -2.68. The molecule has 4 heterocycles. The van der Waals surface area contributed by atoms with Gasteiger partial charge < -0.3 is 33.3 Å². The predicted octanol–water partition coefficient (Wildman–Crippen LogP) is 4.78. The lowest BCUT2D eigenvalue weighted by Gasteiger charge is -2.53. The van der Waals surface area contributed by atoms with Gasteiger partial charge in [-0.3, -0.25) is 19.3 Å². The third-order valence-electron chi connectivity index (χ3n) is 9.12. The summed E-state index contributed by atoms with van der Waals surface area (Å²) in [6, 6.07) is 10.2. The normalized spacial score (nSPS) is 19.4. The van der Waals surface area contributed by atoms with Crippen LogP contribution in [0.5, 0.6) is 5.75 Å². The van der Waals surface area contributed by atoms with Crippen molar-refractivity contribution in [2.24, 2.45) is 0 Å². The van der Waals surface area contributed by atoms with Crippen molar-refractivity contribution < 1.29 is 69.7 Å². The first-order valence-electron chi connectivity index (χ1n) is 16.2. The number of rotatable bonds is 11. The summed E-state index contributed by atoms with van der Waals surface area (Å²) in [5.41, 5.74) is -0.308. The summed E-state index contributed by atoms with van der Waals surface area (Å²) < 4.78 is 90.0. The van der Waals surface area contributed by atoms with E-state index in [-0.39, 0.29) is 30.2 Å². The summed E-state index contributed by atoms with van der Waals surface area (Å²) in [5, 5.41) is 1.77. The SMILES string of the molecule is COC(=O)OCOP(=O)(OCOC(=O)OC)OCOc1c2n(ccc1=O)N([C@@H]1c3ccccc3SCc3c1ccc(F)c3F)[C@@H]1COC3(CC3)CN1C2=O. The second kappa shape index (κ2) is 15.2. The highest BCUT2D eigenvalue weighted by Crippen LogP contribution is 2.51. The maximum Gasteiger partial charge on any atom is 0.510 e. The number of halogens is 2. The number of hydrogen-bond acceptors (Lipinski definition) is 16. The van der Waals surface area contributed by atoms with Crippen LogP contribution in [-0.2, 0) is 47.6 Å². The summed E-state index contributed by atoms with van der Waals surface area (Å²) >= 11 is 1.33. The molecule has 54 heavy (non-hydrogen) atoms. The number of methoxy groups -OCH3 is 2. The Morgan fingerprint density at radius 2 is 1.63 bits per heavy atom. The van der Waals surface area contributed by atoms with Gasteiger partial charge in [-0.05, 0) is 36.1 Å². The summed E-state index contributed by atoms with van der Waals surface area (Å²) in [6.45, 7) is -2.84. The van der Waals surface area contributed by atoms with Crippen LogP contribution < -0.4 is 15.2 Å². The van der Waals surface area contributed by atoms with Crippen molar-refractivity contribution in [3.05, 3.63) is 92.9 Å². The fraction of sp³-hybridized carbons (Fsp3) is 0.394. The molecule has 0 unspecified atom stereocenters. The van der Waals surface area contributed by atoms with Gasteiger partial charge in [-0.1, -0.05) is 24.3 Å². The highest BCUT2D eigenvalue weighted by Gasteiger charge is 2.56. The van der Waals surface area contributed by atoms with E-state index < -0.39 is 87.0 Å². The fourth-order valence-corrected chi connectivity index (χ4v) is 8.28. The zero-order valence-corrected chi connectivity index (χ0v) is 30.3. The molecule has 1 spiro atoms. The lowest BCUT2D eigenvalue weighted by atomic mass is 9.93. The monoisotopic (exact) mass is 795 g/mol. The Kier molecular flexibility index (Phi) is 10.6. The fourth-order valence-electron chi connectivity index (χ4n) is 6.39. The molecule has 7 rings (SSSR count). The number of amides is 1. The van der Waals surface area contributed by atoms with Crippen LogP contribution in [0.15, 0.2) is 58.4 Å². The van der Waals surface area contributed by atoms with E-state index >= 15 is 4.39 Å². The highest BCUT2D eigenvalue weighted by molar-refractivity contribution is 7.98. The largest absolute Gasteiger partial charge is 0.510 e. The van der Waals surface area contributed by atoms with Crippen LogP contribution in [-0.4, -0.2) is 87.3 Å². The molecule has 4 aliphatic rings. The first kappa shape index (κ1) is 37.6. The summed E-state index contributed by atoms with van der Waals surface area (Å²) in [7, 11) is -2.76. The smallest absolute Gasteiger partial charge is 0.460 e. The number of benzene rings is 2. The lowest BCUT2D eigenvalue weighted by molar-refractivity contribution is -0.0792. The van der Waals surface area contributed by atoms with Crippen molar-refractivity contribution in [1.82, 2.24) is 9.58 Å². The molecule has 21 heteroatoms. The summed E-state index contributed by atoms with van der Waals surface area (Å²) in [4.78, 5) is 53.1. The molecule has 3 aliphatic heterocycles. The standard InChI is InChI=1S/C33H32F2N3O14PS/c1-44-31(41)47-17-51-53(43,52-18-48-32(42)45-2)50-16-46-29-23(39)9-12-37-28(29)30(40)36-15-33(10-11-33)49-13-25(36)38(37)27-19-7-8-22(34)26(35)21(19)14-54-24-6-4-3-5-20(24)27/h3-9,12,25,27H,10-11,13-18H2,1-2H3/t25-,27+/m1/s1. The molecule has 1 saturated heterocycles. The number of ether oxygens (including phenoxy) is 6. The maximum atomic E-state index is 15.6. The number of carbonyl (C=O) groups excluding carboxylic acids is 3. The molecule has 2 fully saturated rings. The molecule has 2 aromatic carbocycles. The average Bonchev–Trinajstić information content (AvgIpc) is 3.95. The second-order valence-electron chi connectivity index (χ2n) is 12.2. The van der Waals surface area contributed by atoms with Crippen LogP contribution in [0.25, 0.3) is 0 Å². The van der Waals surface area contributed by atoms with Gasteiger partial charge in [0.05, 0.1) is 39.0 Å². The van der Waals surface area contributed by atoms with Crippen LogP contribution in [0.2, 0.25) is 0 Å². The maximum absolute atomic E-state index is 15.6. The Hall–Kier alpha value is -4.72. The number of morpholine rings is 1. The van der Waals surface area contributed by atoms with Gasteiger partial charge >= 0.3 is 20.1 Å². The molecule has 0 bridgehead atoms. The molecule has 1 aliphatic carbocycles. The first-order valence-corrected chi connectivity index (χ1v) is 18.7. The Bertz CT molecular complexity index is 2060. The van der Waals surface area contributed by atoms with E-state index in [1.165, 1.54) is 28.7 Å². The van der Waals surface area contributed by atoms with Gasteiger partial charge in [-0.15, -0.1) is 11.8 Å². The summed E-state index contributed by atoms with van der Waals surface area (Å²) in [6.07, 6.45) is -0.406. The number of fused-ring (bicyclic) bond motifs is 4. The van der Waals surface area contributed by atoms with E-state index in [0.717, 1.165) is 36.8 Å². The zero-order chi connectivity index (χ0) is 38.2. The molecule has 1 aromatic heterocycles. The quantitative estimate of drug-likeness (QED) is 0.147. The molecule has 288 valence electrons. The first-order chi connectivity index (χ1) is 26.0. The molecule has 0 radical (unpaired) electrons. The third kappa shape index (κ3) is 7.24. The molecule has 1 amide bonds. The minimum atomic E-state index is -4.79. The van der Waals surface area contributed by atoms with Crippen LogP contribution >= 0.6 is 19.6 Å². The number of thioether (sulfide) groups is 1. The molecule has 17 nitrogen and oxygen atoms in total. The highest BCUT2D eigenvalue weighted by atomic mass is 32.2. The van der Waals surface area contributed by atoms with Gasteiger partial charge in [-0.25, -0.2) is 36.5 Å². The van der Waals surface area contributed by atoms with Gasteiger partial charge in [-0.2, -0.15) is 0 Å². The van der Waals surface area contributed by atoms with E-state index in [1.54, 1.807) is 9.91 Å². The van der Waals surface area contributed by atoms with Crippen LogP contribution in [0.4, 0.5) is 18.4 Å². The molecule has 0 N–H and O–H groups in total. The van der Waals surface area contributed by atoms with Gasteiger partial charge in [0.1, 0.15) is 6.17 Å². The Morgan fingerprint density at radius 3 is 2.31 bits per heavy atom. The van der Waals surface area contributed by atoms with Crippen molar-refractivity contribution >= 4 is 37.8 Å². The molecule has 2 atom stereocenters. The minimum absolute atomic E-state index is 0.0561. The second-order valence-corrected chi connectivity index (χ2v) is 14.9. The molecular formula is C33H32F2N3O14PS. The number of hydrogen-bond donors (Lipinski definition) is 0. The van der Waals surface area contributed by atoms with Crippen molar-refractivity contribution in [1.29, 1.82) is 0 Å². The summed E-state index contributed by atoms with van der Waals surface area (Å²) in [5.74, 6) is -3.01. The Labute approximate surface area is 309 Å². The molecular weight excluding hydrogens is 763 g/mol. The van der Waals surface area contributed by atoms with Crippen molar-refractivity contribution in [3.8, 4) is 5.75 Å². The third-order valence-corrected chi connectivity index (χ3v) is 11.5. The Morgan fingerprint density at radius 1 is 0.944 bits per heavy atom.